The van der Waals surface area contributed by atoms with Crippen molar-refractivity contribution in [3.8, 4) is 17.2 Å². The fraction of sp³-hybridized carbons (Fsp3) is 0.324. The lowest BCUT2D eigenvalue weighted by atomic mass is 9.99. The molecule has 1 aliphatic heterocycles. The Bertz CT molecular complexity index is 1480. The van der Waals surface area contributed by atoms with E-state index in [0.29, 0.717) is 30.8 Å². The molecule has 0 aliphatic carbocycles. The predicted octanol–water partition coefficient (Wildman–Crippen LogP) is 7.28. The zero-order valence-corrected chi connectivity index (χ0v) is 25.1. The Kier molecular flexibility index (Phi) is 12.1. The number of aryl methyl sites for hydroxylation is 1. The molecule has 1 aromatic heterocycles. The molecule has 9 heteroatoms. The van der Waals surface area contributed by atoms with Gasteiger partial charge in [0.15, 0.2) is 5.69 Å². The van der Waals surface area contributed by atoms with Crippen LogP contribution < -0.4 is 0 Å². The average molecular weight is 590 g/mol. The first kappa shape index (κ1) is 33.1. The maximum Gasteiger partial charge on any atom is 0.435 e. The van der Waals surface area contributed by atoms with Crippen molar-refractivity contribution in [1.82, 2.24) is 19.6 Å². The largest absolute Gasteiger partial charge is 0.435 e. The summed E-state index contributed by atoms with van der Waals surface area (Å²) in [5, 5.41) is 12.5. The highest BCUT2D eigenvalue weighted by molar-refractivity contribution is 5.88. The van der Waals surface area contributed by atoms with Crippen LogP contribution in [0.1, 0.15) is 38.4 Å². The number of carbonyl (C=O) groups is 1. The highest BCUT2D eigenvalue weighted by Gasteiger charge is 2.37. The van der Waals surface area contributed by atoms with Crippen molar-refractivity contribution in [2.75, 3.05) is 26.7 Å². The number of halogens is 3. The van der Waals surface area contributed by atoms with Crippen LogP contribution in [0, 0.1) is 11.3 Å². The molecule has 0 fully saturated rings. The summed E-state index contributed by atoms with van der Waals surface area (Å²) in [6.07, 6.45) is 3.35. The molecule has 1 aliphatic rings. The van der Waals surface area contributed by atoms with Crippen molar-refractivity contribution >= 4 is 5.91 Å². The van der Waals surface area contributed by atoms with Crippen LogP contribution in [0.15, 0.2) is 102 Å². The number of likely N-dealkylation sites (N-methyl/N-ethyl adjacent to an activating group) is 1. The summed E-state index contributed by atoms with van der Waals surface area (Å²) < 4.78 is 39.7. The molecular weight excluding hydrogens is 551 g/mol. The van der Waals surface area contributed by atoms with Gasteiger partial charge in [-0.2, -0.15) is 23.5 Å². The second kappa shape index (κ2) is 15.7. The number of benzene rings is 2. The van der Waals surface area contributed by atoms with Crippen molar-refractivity contribution in [2.45, 2.75) is 46.5 Å². The molecule has 0 saturated heterocycles. The molecule has 1 amide bonds. The lowest BCUT2D eigenvalue weighted by molar-refractivity contribution is -0.141. The van der Waals surface area contributed by atoms with Crippen LogP contribution in [-0.2, 0) is 24.1 Å². The molecule has 2 aromatic carbocycles. The summed E-state index contributed by atoms with van der Waals surface area (Å²) in [5.74, 6) is 0.0532. The molecule has 0 atom stereocenters. The third-order valence-electron chi connectivity index (χ3n) is 6.92. The quantitative estimate of drug-likeness (QED) is 0.205. The average Bonchev–Trinajstić information content (AvgIpc) is 3.45. The molecule has 0 N–H and O–H groups in total. The summed E-state index contributed by atoms with van der Waals surface area (Å²) in [5.41, 5.74) is 4.14. The van der Waals surface area contributed by atoms with Crippen molar-refractivity contribution in [3.63, 3.8) is 0 Å². The summed E-state index contributed by atoms with van der Waals surface area (Å²) in [6, 6.07) is 20.9. The number of nitriles is 1. The summed E-state index contributed by atoms with van der Waals surface area (Å²) in [6.45, 7) is 8.94. The van der Waals surface area contributed by atoms with Crippen molar-refractivity contribution < 1.29 is 18.0 Å². The Morgan fingerprint density at radius 1 is 1.12 bits per heavy atom. The molecule has 226 valence electrons. The van der Waals surface area contributed by atoms with E-state index in [1.54, 1.807) is 43.3 Å². The molecule has 0 saturated carbocycles. The molecule has 0 unspecified atom stereocenters. The van der Waals surface area contributed by atoms with E-state index in [4.69, 9.17) is 5.26 Å². The van der Waals surface area contributed by atoms with E-state index in [2.05, 4.69) is 28.2 Å². The zero-order valence-electron chi connectivity index (χ0n) is 25.1. The van der Waals surface area contributed by atoms with E-state index >= 15 is 0 Å². The van der Waals surface area contributed by atoms with Crippen LogP contribution in [0.5, 0.6) is 0 Å². The second-order valence-electron chi connectivity index (χ2n) is 10.5. The smallest absolute Gasteiger partial charge is 0.335 e. The zero-order chi connectivity index (χ0) is 31.4. The molecular formula is C34H38F3N5O. The topological polar surface area (TPSA) is 65.2 Å². The highest BCUT2D eigenvalue weighted by atomic mass is 19.4. The summed E-state index contributed by atoms with van der Waals surface area (Å²) in [4.78, 5) is 16.4. The second-order valence-corrected chi connectivity index (χ2v) is 10.5. The van der Waals surface area contributed by atoms with E-state index in [0.717, 1.165) is 25.1 Å². The highest BCUT2D eigenvalue weighted by Crippen LogP contribution is 2.35. The van der Waals surface area contributed by atoms with Crippen LogP contribution in [0.4, 0.5) is 13.2 Å². The first-order chi connectivity index (χ1) is 20.5. The number of hydrogen-bond donors (Lipinski definition) is 0. The minimum absolute atomic E-state index is 0.0532. The minimum Gasteiger partial charge on any atom is -0.335 e. The van der Waals surface area contributed by atoms with Gasteiger partial charge in [0.25, 0.3) is 0 Å². The Hall–Kier alpha value is -4.42. The van der Waals surface area contributed by atoms with Gasteiger partial charge in [-0.15, -0.1) is 0 Å². The van der Waals surface area contributed by atoms with Crippen LogP contribution in [0.25, 0.3) is 11.1 Å². The number of nitrogens with zero attached hydrogens (tertiary/aromatic N) is 5. The molecule has 6 nitrogen and oxygen atoms in total. The third-order valence-corrected chi connectivity index (χ3v) is 6.92. The van der Waals surface area contributed by atoms with Gasteiger partial charge in [0, 0.05) is 56.1 Å². The van der Waals surface area contributed by atoms with Crippen molar-refractivity contribution in [3.05, 3.63) is 113 Å². The van der Waals surface area contributed by atoms with Gasteiger partial charge in [-0.25, -0.2) is 0 Å². The molecule has 2 heterocycles. The molecule has 3 aromatic rings. The van der Waals surface area contributed by atoms with Crippen molar-refractivity contribution in [1.29, 1.82) is 5.26 Å². The maximum atomic E-state index is 12.8. The van der Waals surface area contributed by atoms with E-state index in [-0.39, 0.29) is 11.5 Å². The number of rotatable bonds is 8. The number of allylic oxidation sites excluding steroid dienone is 2. The van der Waals surface area contributed by atoms with E-state index < -0.39 is 11.9 Å². The number of amides is 1. The summed E-state index contributed by atoms with van der Waals surface area (Å²) >= 11 is 0. The lowest BCUT2D eigenvalue weighted by Gasteiger charge is -2.28. The molecule has 0 radical (unpaired) electrons. The van der Waals surface area contributed by atoms with Gasteiger partial charge in [-0.3, -0.25) is 14.4 Å². The van der Waals surface area contributed by atoms with Gasteiger partial charge in [0.05, 0.1) is 6.07 Å². The Morgan fingerprint density at radius 2 is 1.77 bits per heavy atom. The molecule has 43 heavy (non-hydrogen) atoms. The number of alkyl halides is 3. The van der Waals surface area contributed by atoms with Gasteiger partial charge >= 0.3 is 6.18 Å². The van der Waals surface area contributed by atoms with E-state index in [9.17, 15) is 18.0 Å². The number of aromatic nitrogens is 2. The normalized spacial score (nSPS) is 14.1. The van der Waals surface area contributed by atoms with Crippen LogP contribution in [0.2, 0.25) is 0 Å². The Labute approximate surface area is 252 Å². The monoisotopic (exact) mass is 589 g/mol. The lowest BCUT2D eigenvalue weighted by Crippen LogP contribution is -2.35. The van der Waals surface area contributed by atoms with E-state index in [1.807, 2.05) is 56.1 Å². The van der Waals surface area contributed by atoms with Gasteiger partial charge in [-0.1, -0.05) is 72.3 Å². The minimum atomic E-state index is -4.43. The first-order valence-electron chi connectivity index (χ1n) is 14.2. The SMILES string of the molecule is CC1=C(/C=C(\C)C#N)CCN(C(=O)/C=C/CN(C)Cc2ccccc2)C1.CCn1cc(-c2ccccc2)c(C(F)(F)F)n1. The number of hydrogen-bond acceptors (Lipinski definition) is 4. The standard InChI is InChI=1S/C22H27N3O.C12H11F3N2/c1-18(15-23)14-21-11-13-25(16-19(21)2)22(26)10-7-12-24(3)17-20-8-5-4-6-9-20;1-2-17-8-10(9-6-4-3-5-7-9)11(16-17)12(13,14)15/h4-10,14H,11-13,16-17H2,1-3H3;3-8H,2H2,1H3/b10-7+,18-14+;. The van der Waals surface area contributed by atoms with Gasteiger partial charge in [0.1, 0.15) is 0 Å². The van der Waals surface area contributed by atoms with Gasteiger partial charge in [0.2, 0.25) is 5.91 Å². The van der Waals surface area contributed by atoms with Crippen molar-refractivity contribution in [2.24, 2.45) is 0 Å². The van der Waals surface area contributed by atoms with Crippen LogP contribution in [-0.4, -0.2) is 52.2 Å². The van der Waals surface area contributed by atoms with E-state index in [1.165, 1.54) is 22.0 Å². The third kappa shape index (κ3) is 10.1. The number of carbonyl (C=O) groups excluding carboxylic acids is 1. The Balaban J connectivity index is 0.000000257. The molecule has 4 rings (SSSR count). The van der Waals surface area contributed by atoms with Gasteiger partial charge < -0.3 is 4.90 Å². The molecule has 0 bridgehead atoms. The van der Waals surface area contributed by atoms with Crippen LogP contribution >= 0.6 is 0 Å². The first-order valence-corrected chi connectivity index (χ1v) is 14.2. The van der Waals surface area contributed by atoms with Crippen LogP contribution in [0.3, 0.4) is 0 Å². The fourth-order valence-electron chi connectivity index (χ4n) is 4.63. The maximum absolute atomic E-state index is 12.8. The fourth-order valence-corrected chi connectivity index (χ4v) is 4.63. The Morgan fingerprint density at radius 3 is 2.35 bits per heavy atom. The molecule has 0 spiro atoms. The summed E-state index contributed by atoms with van der Waals surface area (Å²) in [7, 11) is 2.05. The van der Waals surface area contributed by atoms with Gasteiger partial charge in [-0.05, 0) is 57.0 Å². The predicted molar refractivity (Wildman–Crippen MR) is 164 cm³/mol.